The fraction of sp³-hybridized carbons (Fsp3) is 0.208. The molecule has 1 atom stereocenters. The smallest absolute Gasteiger partial charge is 0.408 e. The van der Waals surface area contributed by atoms with Gasteiger partial charge >= 0.3 is 6.09 Å². The summed E-state index contributed by atoms with van der Waals surface area (Å²) < 4.78 is 16.5. The monoisotopic (exact) mass is 407 g/mol. The topological polar surface area (TPSA) is 77.0 Å². The second-order valence-electron chi connectivity index (χ2n) is 6.63. The molecule has 0 aliphatic rings. The van der Waals surface area contributed by atoms with E-state index in [1.165, 1.54) is 0 Å². The Hall–Kier alpha value is -3.51. The molecule has 0 unspecified atom stereocenters. The highest BCUT2D eigenvalue weighted by molar-refractivity contribution is 5.68. The van der Waals surface area contributed by atoms with E-state index in [0.717, 1.165) is 11.1 Å². The minimum atomic E-state index is -0.634. The van der Waals surface area contributed by atoms with E-state index in [4.69, 9.17) is 14.2 Å². The van der Waals surface area contributed by atoms with E-state index < -0.39 is 12.1 Å². The number of amides is 1. The molecule has 0 saturated heterocycles. The van der Waals surface area contributed by atoms with E-state index >= 15 is 0 Å². The molecular weight excluding hydrogens is 382 g/mol. The number of ether oxygens (including phenoxy) is 3. The number of benzene rings is 3. The second-order valence-corrected chi connectivity index (χ2v) is 6.63. The first-order valence-corrected chi connectivity index (χ1v) is 9.62. The summed E-state index contributed by atoms with van der Waals surface area (Å²) in [5, 5.41) is 12.4. The van der Waals surface area contributed by atoms with Gasteiger partial charge in [0.25, 0.3) is 0 Å². The zero-order valence-electron chi connectivity index (χ0n) is 16.8. The average Bonchev–Trinajstić information content (AvgIpc) is 2.81. The van der Waals surface area contributed by atoms with E-state index in [0.29, 0.717) is 23.7 Å². The molecule has 156 valence electrons. The predicted molar refractivity (Wildman–Crippen MR) is 113 cm³/mol. The quantitative estimate of drug-likeness (QED) is 0.555. The van der Waals surface area contributed by atoms with Gasteiger partial charge in [-0.2, -0.15) is 0 Å². The summed E-state index contributed by atoms with van der Waals surface area (Å²) in [6, 6.07) is 23.8. The number of methoxy groups -OCH3 is 1. The summed E-state index contributed by atoms with van der Waals surface area (Å²) >= 11 is 0. The van der Waals surface area contributed by atoms with Crippen LogP contribution in [0.1, 0.15) is 22.7 Å². The van der Waals surface area contributed by atoms with Gasteiger partial charge < -0.3 is 24.6 Å². The molecule has 1 amide bonds. The highest BCUT2D eigenvalue weighted by Gasteiger charge is 2.17. The van der Waals surface area contributed by atoms with Gasteiger partial charge in [0.1, 0.15) is 13.2 Å². The van der Waals surface area contributed by atoms with Gasteiger partial charge in [-0.15, -0.1) is 0 Å². The predicted octanol–water partition coefficient (Wildman–Crippen LogP) is 4.23. The van der Waals surface area contributed by atoms with Crippen LogP contribution in [0.3, 0.4) is 0 Å². The van der Waals surface area contributed by atoms with Crippen molar-refractivity contribution in [1.82, 2.24) is 5.32 Å². The van der Waals surface area contributed by atoms with Crippen LogP contribution in [0.4, 0.5) is 4.79 Å². The Morgan fingerprint density at radius 3 is 2.13 bits per heavy atom. The van der Waals surface area contributed by atoms with Gasteiger partial charge in [-0.1, -0.05) is 66.7 Å². The number of carbonyl (C=O) groups is 1. The van der Waals surface area contributed by atoms with E-state index in [1.807, 2.05) is 60.7 Å². The Balaban J connectivity index is 1.61. The van der Waals surface area contributed by atoms with Gasteiger partial charge in [-0.3, -0.25) is 0 Å². The summed E-state index contributed by atoms with van der Waals surface area (Å²) in [4.78, 5) is 12.1. The van der Waals surface area contributed by atoms with Gasteiger partial charge in [0.05, 0.1) is 19.8 Å². The maximum atomic E-state index is 12.1. The van der Waals surface area contributed by atoms with Crippen molar-refractivity contribution in [3.63, 3.8) is 0 Å². The molecule has 0 bridgehead atoms. The van der Waals surface area contributed by atoms with Gasteiger partial charge in [0, 0.05) is 0 Å². The van der Waals surface area contributed by atoms with E-state index in [1.54, 1.807) is 25.3 Å². The molecule has 0 fully saturated rings. The summed E-state index contributed by atoms with van der Waals surface area (Å²) in [6.07, 6.45) is -0.610. The maximum absolute atomic E-state index is 12.1. The number of carbonyl (C=O) groups excluding carboxylic acids is 1. The molecule has 3 aromatic rings. The summed E-state index contributed by atoms with van der Waals surface area (Å²) in [6.45, 7) is 0.276. The third kappa shape index (κ3) is 5.99. The normalized spacial score (nSPS) is 11.4. The van der Waals surface area contributed by atoms with E-state index in [2.05, 4.69) is 5.32 Å². The lowest BCUT2D eigenvalue weighted by Crippen LogP contribution is -2.31. The summed E-state index contributed by atoms with van der Waals surface area (Å²) in [5.74, 6) is 1.09. The summed E-state index contributed by atoms with van der Waals surface area (Å²) in [7, 11) is 1.55. The number of hydrogen-bond acceptors (Lipinski definition) is 5. The molecular formula is C24H25NO5. The first kappa shape index (κ1) is 21.2. The average molecular weight is 407 g/mol. The first-order chi connectivity index (χ1) is 14.7. The van der Waals surface area contributed by atoms with Gasteiger partial charge in [-0.25, -0.2) is 4.79 Å². The van der Waals surface area contributed by atoms with Crippen LogP contribution in [0.15, 0.2) is 78.9 Å². The minimum absolute atomic E-state index is 0.153. The number of hydrogen-bond donors (Lipinski definition) is 2. The van der Waals surface area contributed by atoms with Gasteiger partial charge in [-0.05, 0) is 28.8 Å². The molecule has 0 radical (unpaired) electrons. The van der Waals surface area contributed by atoms with Crippen LogP contribution in [0.25, 0.3) is 0 Å². The Bertz CT molecular complexity index is 931. The maximum Gasteiger partial charge on any atom is 0.408 e. The standard InChI is InChI=1S/C24H25NO5/c1-28-23-14-20(12-13-22(23)29-16-18-8-4-2-5-9-18)21(15-26)25-24(27)30-17-19-10-6-3-7-11-19/h2-14,21,26H,15-17H2,1H3,(H,25,27)/t21-/m1/s1. The van der Waals surface area contributed by atoms with Crippen molar-refractivity contribution in [2.24, 2.45) is 0 Å². The van der Waals surface area contributed by atoms with Crippen molar-refractivity contribution in [2.75, 3.05) is 13.7 Å². The fourth-order valence-corrected chi connectivity index (χ4v) is 2.90. The molecule has 2 N–H and O–H groups in total. The zero-order chi connectivity index (χ0) is 21.2. The molecule has 30 heavy (non-hydrogen) atoms. The highest BCUT2D eigenvalue weighted by Crippen LogP contribution is 2.31. The zero-order valence-corrected chi connectivity index (χ0v) is 16.8. The molecule has 3 rings (SSSR count). The van der Waals surface area contributed by atoms with Crippen molar-refractivity contribution in [1.29, 1.82) is 0 Å². The fourth-order valence-electron chi connectivity index (χ4n) is 2.90. The lowest BCUT2D eigenvalue weighted by Gasteiger charge is -2.19. The van der Waals surface area contributed by atoms with Crippen molar-refractivity contribution >= 4 is 6.09 Å². The molecule has 6 heteroatoms. The third-order valence-corrected chi connectivity index (χ3v) is 4.51. The minimum Gasteiger partial charge on any atom is -0.493 e. The highest BCUT2D eigenvalue weighted by atomic mass is 16.5. The van der Waals surface area contributed by atoms with Crippen LogP contribution in [-0.2, 0) is 18.0 Å². The molecule has 0 heterocycles. The van der Waals surface area contributed by atoms with Crippen molar-refractivity contribution in [2.45, 2.75) is 19.3 Å². The molecule has 0 aliphatic carbocycles. The van der Waals surface area contributed by atoms with Crippen molar-refractivity contribution in [3.8, 4) is 11.5 Å². The first-order valence-electron chi connectivity index (χ1n) is 9.62. The van der Waals surface area contributed by atoms with E-state index in [-0.39, 0.29) is 13.2 Å². The number of aliphatic hydroxyl groups is 1. The number of alkyl carbamates (subject to hydrolysis) is 1. The third-order valence-electron chi connectivity index (χ3n) is 4.51. The Morgan fingerprint density at radius 2 is 1.53 bits per heavy atom. The van der Waals surface area contributed by atoms with Crippen LogP contribution >= 0.6 is 0 Å². The number of rotatable bonds is 9. The van der Waals surface area contributed by atoms with Crippen LogP contribution in [0.5, 0.6) is 11.5 Å². The Kier molecular flexibility index (Phi) is 7.69. The van der Waals surface area contributed by atoms with Gasteiger partial charge in [0.2, 0.25) is 0 Å². The largest absolute Gasteiger partial charge is 0.493 e. The van der Waals surface area contributed by atoms with Gasteiger partial charge in [0.15, 0.2) is 11.5 Å². The van der Waals surface area contributed by atoms with Crippen LogP contribution in [-0.4, -0.2) is 24.9 Å². The lowest BCUT2D eigenvalue weighted by molar-refractivity contribution is 0.129. The molecule has 6 nitrogen and oxygen atoms in total. The molecule has 3 aromatic carbocycles. The molecule has 0 aliphatic heterocycles. The van der Waals surface area contributed by atoms with Crippen LogP contribution in [0, 0.1) is 0 Å². The molecule has 0 saturated carbocycles. The number of aliphatic hydroxyl groups excluding tert-OH is 1. The molecule has 0 aromatic heterocycles. The second kappa shape index (κ2) is 10.9. The Morgan fingerprint density at radius 1 is 0.900 bits per heavy atom. The number of nitrogens with one attached hydrogen (secondary N) is 1. The van der Waals surface area contributed by atoms with Crippen LogP contribution in [0.2, 0.25) is 0 Å². The van der Waals surface area contributed by atoms with Crippen molar-refractivity contribution < 1.29 is 24.1 Å². The SMILES string of the molecule is COc1cc([C@@H](CO)NC(=O)OCc2ccccc2)ccc1OCc1ccccc1. The van der Waals surface area contributed by atoms with Crippen molar-refractivity contribution in [3.05, 3.63) is 95.6 Å². The molecule has 0 spiro atoms. The van der Waals surface area contributed by atoms with Crippen LogP contribution < -0.4 is 14.8 Å². The Labute approximate surface area is 176 Å². The summed E-state index contributed by atoms with van der Waals surface area (Å²) in [5.41, 5.74) is 2.60. The lowest BCUT2D eigenvalue weighted by atomic mass is 10.1. The van der Waals surface area contributed by atoms with E-state index in [9.17, 15) is 9.90 Å².